The van der Waals surface area contributed by atoms with Gasteiger partial charge in [0.2, 0.25) is 0 Å². The van der Waals surface area contributed by atoms with Gasteiger partial charge in [0.05, 0.1) is 0 Å². The number of hydrogen-bond acceptors (Lipinski definition) is 3. The second kappa shape index (κ2) is 5.43. The SMILES string of the molecule is CC(C)(C)CCNc1cc(Cl)nc(C(C)(C)C)n1. The quantitative estimate of drug-likeness (QED) is 0.833. The minimum atomic E-state index is -0.0919. The Morgan fingerprint density at radius 3 is 2.22 bits per heavy atom. The van der Waals surface area contributed by atoms with E-state index in [1.54, 1.807) is 6.07 Å². The van der Waals surface area contributed by atoms with Crippen LogP contribution < -0.4 is 5.32 Å². The Hall–Kier alpha value is -0.830. The zero-order chi connectivity index (χ0) is 14.0. The van der Waals surface area contributed by atoms with E-state index in [2.05, 4.69) is 56.8 Å². The van der Waals surface area contributed by atoms with Crippen molar-refractivity contribution in [2.75, 3.05) is 11.9 Å². The minimum absolute atomic E-state index is 0.0919. The number of nitrogens with one attached hydrogen (secondary N) is 1. The number of aromatic nitrogens is 2. The van der Waals surface area contributed by atoms with Crippen molar-refractivity contribution in [1.29, 1.82) is 0 Å². The van der Waals surface area contributed by atoms with Gasteiger partial charge in [-0.05, 0) is 11.8 Å². The number of anilines is 1. The highest BCUT2D eigenvalue weighted by Crippen LogP contribution is 2.23. The van der Waals surface area contributed by atoms with Crippen LogP contribution in [0.1, 0.15) is 53.8 Å². The third-order valence-corrected chi connectivity index (χ3v) is 2.74. The largest absolute Gasteiger partial charge is 0.370 e. The first kappa shape index (κ1) is 15.2. The molecule has 0 aliphatic heterocycles. The first-order valence-electron chi connectivity index (χ1n) is 6.37. The summed E-state index contributed by atoms with van der Waals surface area (Å²) in [6.45, 7) is 13.8. The van der Waals surface area contributed by atoms with E-state index in [1.165, 1.54) is 0 Å². The van der Waals surface area contributed by atoms with Gasteiger partial charge in [-0.15, -0.1) is 0 Å². The lowest BCUT2D eigenvalue weighted by molar-refractivity contribution is 0.389. The summed E-state index contributed by atoms with van der Waals surface area (Å²) < 4.78 is 0. The number of halogens is 1. The lowest BCUT2D eigenvalue weighted by Gasteiger charge is -2.20. The molecule has 0 amide bonds. The maximum atomic E-state index is 6.03. The van der Waals surface area contributed by atoms with Crippen molar-refractivity contribution in [3.63, 3.8) is 0 Å². The normalized spacial score (nSPS) is 12.6. The van der Waals surface area contributed by atoms with Crippen LogP contribution >= 0.6 is 11.6 Å². The van der Waals surface area contributed by atoms with E-state index in [0.29, 0.717) is 10.6 Å². The van der Waals surface area contributed by atoms with Gasteiger partial charge in [0.1, 0.15) is 16.8 Å². The molecule has 0 saturated carbocycles. The molecule has 1 heterocycles. The maximum absolute atomic E-state index is 6.03. The van der Waals surface area contributed by atoms with Gasteiger partial charge < -0.3 is 5.32 Å². The van der Waals surface area contributed by atoms with Crippen LogP contribution in [-0.4, -0.2) is 16.5 Å². The topological polar surface area (TPSA) is 37.8 Å². The molecule has 0 aromatic carbocycles. The molecular formula is C14H24ClN3. The van der Waals surface area contributed by atoms with E-state index < -0.39 is 0 Å². The molecule has 0 spiro atoms. The minimum Gasteiger partial charge on any atom is -0.370 e. The van der Waals surface area contributed by atoms with Crippen LogP contribution in [0.4, 0.5) is 5.82 Å². The van der Waals surface area contributed by atoms with E-state index in [0.717, 1.165) is 24.6 Å². The molecule has 0 fully saturated rings. The van der Waals surface area contributed by atoms with Gasteiger partial charge in [-0.1, -0.05) is 53.1 Å². The van der Waals surface area contributed by atoms with Crippen LogP contribution in [0.3, 0.4) is 0 Å². The van der Waals surface area contributed by atoms with Crippen molar-refractivity contribution in [3.8, 4) is 0 Å². The van der Waals surface area contributed by atoms with Gasteiger partial charge >= 0.3 is 0 Å². The number of nitrogens with zero attached hydrogens (tertiary/aromatic N) is 2. The summed E-state index contributed by atoms with van der Waals surface area (Å²) in [4.78, 5) is 8.79. The van der Waals surface area contributed by atoms with Gasteiger partial charge in [0.25, 0.3) is 0 Å². The Labute approximate surface area is 115 Å². The standard InChI is InChI=1S/C14H24ClN3/c1-13(2,3)7-8-16-11-9-10(15)17-12(18-11)14(4,5)6/h9H,7-8H2,1-6H3,(H,16,17,18). The molecule has 0 saturated heterocycles. The number of rotatable bonds is 3. The highest BCUT2D eigenvalue weighted by molar-refractivity contribution is 6.29. The Kier molecular flexibility index (Phi) is 4.60. The van der Waals surface area contributed by atoms with Gasteiger partial charge in [-0.3, -0.25) is 0 Å². The van der Waals surface area contributed by atoms with Crippen LogP contribution in [0.25, 0.3) is 0 Å². The van der Waals surface area contributed by atoms with Gasteiger partial charge in [-0.25, -0.2) is 9.97 Å². The second-order valence-electron chi connectivity index (χ2n) is 6.89. The molecule has 0 aliphatic carbocycles. The fraction of sp³-hybridized carbons (Fsp3) is 0.714. The monoisotopic (exact) mass is 269 g/mol. The van der Waals surface area contributed by atoms with Crippen LogP contribution in [0, 0.1) is 5.41 Å². The molecule has 0 unspecified atom stereocenters. The zero-order valence-electron chi connectivity index (χ0n) is 12.3. The predicted octanol–water partition coefficient (Wildman–Crippen LogP) is 4.28. The Morgan fingerprint density at radius 2 is 1.72 bits per heavy atom. The Balaban J connectivity index is 2.75. The molecule has 3 nitrogen and oxygen atoms in total. The van der Waals surface area contributed by atoms with Crippen LogP contribution in [0.5, 0.6) is 0 Å². The van der Waals surface area contributed by atoms with Crippen LogP contribution in [0.15, 0.2) is 6.07 Å². The summed E-state index contributed by atoms with van der Waals surface area (Å²) in [7, 11) is 0. The number of hydrogen-bond donors (Lipinski definition) is 1. The molecule has 1 N–H and O–H groups in total. The molecule has 1 rings (SSSR count). The molecule has 1 aromatic heterocycles. The molecule has 1 aromatic rings. The summed E-state index contributed by atoms with van der Waals surface area (Å²) >= 11 is 6.03. The van der Waals surface area contributed by atoms with Crippen molar-refractivity contribution < 1.29 is 0 Å². The summed E-state index contributed by atoms with van der Waals surface area (Å²) in [6, 6.07) is 1.78. The molecule has 0 aliphatic rings. The van der Waals surface area contributed by atoms with Crippen LogP contribution in [-0.2, 0) is 5.41 Å². The van der Waals surface area contributed by atoms with Gasteiger partial charge in [0, 0.05) is 18.0 Å². The summed E-state index contributed by atoms with van der Waals surface area (Å²) in [6.07, 6.45) is 1.08. The average Bonchev–Trinajstić information content (AvgIpc) is 2.13. The van der Waals surface area contributed by atoms with Crippen molar-refractivity contribution in [1.82, 2.24) is 9.97 Å². The van der Waals surface area contributed by atoms with Crippen molar-refractivity contribution >= 4 is 17.4 Å². The lowest BCUT2D eigenvalue weighted by Crippen LogP contribution is -2.18. The first-order valence-corrected chi connectivity index (χ1v) is 6.75. The molecule has 0 radical (unpaired) electrons. The highest BCUT2D eigenvalue weighted by atomic mass is 35.5. The second-order valence-corrected chi connectivity index (χ2v) is 7.27. The first-order chi connectivity index (χ1) is 8.08. The van der Waals surface area contributed by atoms with Crippen molar-refractivity contribution in [2.24, 2.45) is 5.41 Å². The van der Waals surface area contributed by atoms with Gasteiger partial charge in [0.15, 0.2) is 0 Å². The summed E-state index contributed by atoms with van der Waals surface area (Å²) in [5, 5.41) is 3.81. The van der Waals surface area contributed by atoms with E-state index >= 15 is 0 Å². The Morgan fingerprint density at radius 1 is 1.11 bits per heavy atom. The smallest absolute Gasteiger partial charge is 0.137 e. The van der Waals surface area contributed by atoms with Gasteiger partial charge in [-0.2, -0.15) is 0 Å². The Bertz CT molecular complexity index is 402. The van der Waals surface area contributed by atoms with Crippen molar-refractivity contribution in [3.05, 3.63) is 17.0 Å². The zero-order valence-corrected chi connectivity index (χ0v) is 13.0. The lowest BCUT2D eigenvalue weighted by atomic mass is 9.92. The molecule has 0 bridgehead atoms. The van der Waals surface area contributed by atoms with Crippen LogP contribution in [0.2, 0.25) is 5.15 Å². The highest BCUT2D eigenvalue weighted by Gasteiger charge is 2.19. The van der Waals surface area contributed by atoms with E-state index in [9.17, 15) is 0 Å². The van der Waals surface area contributed by atoms with E-state index in [-0.39, 0.29) is 5.41 Å². The third-order valence-electron chi connectivity index (χ3n) is 2.55. The molecule has 18 heavy (non-hydrogen) atoms. The summed E-state index contributed by atoms with van der Waals surface area (Å²) in [5.41, 5.74) is 0.224. The molecule has 4 heteroatoms. The van der Waals surface area contributed by atoms with E-state index in [4.69, 9.17) is 11.6 Å². The molecule has 102 valence electrons. The predicted molar refractivity (Wildman–Crippen MR) is 78.3 cm³/mol. The average molecular weight is 270 g/mol. The van der Waals surface area contributed by atoms with E-state index in [1.807, 2.05) is 0 Å². The third kappa shape index (κ3) is 5.21. The fourth-order valence-electron chi connectivity index (χ4n) is 1.41. The summed E-state index contributed by atoms with van der Waals surface area (Å²) in [5.74, 6) is 1.58. The molecule has 0 atom stereocenters. The van der Waals surface area contributed by atoms with Crippen molar-refractivity contribution in [2.45, 2.75) is 53.4 Å². The molecular weight excluding hydrogens is 246 g/mol. The maximum Gasteiger partial charge on any atom is 0.137 e. The fourth-order valence-corrected chi connectivity index (χ4v) is 1.59.